The maximum Gasteiger partial charge on any atom is 0.186 e. The molecule has 84 valence electrons. The largest absolute Gasteiger partial charge is 0.389 e. The van der Waals surface area contributed by atoms with E-state index in [1.54, 1.807) is 6.20 Å². The lowest BCUT2D eigenvalue weighted by atomic mass is 10.1. The van der Waals surface area contributed by atoms with Crippen molar-refractivity contribution in [3.63, 3.8) is 0 Å². The molecule has 0 bridgehead atoms. The highest BCUT2D eigenvalue weighted by molar-refractivity contribution is 7.19. The average molecular weight is 233 g/mol. The summed E-state index contributed by atoms with van der Waals surface area (Å²) >= 11 is 1.52. The predicted octanol–water partition coefficient (Wildman–Crippen LogP) is 2.40. The smallest absolute Gasteiger partial charge is 0.186 e. The lowest BCUT2D eigenvalue weighted by Gasteiger charge is -2.15. The van der Waals surface area contributed by atoms with Crippen LogP contribution in [0.15, 0.2) is 36.5 Å². The highest BCUT2D eigenvalue weighted by Crippen LogP contribution is 2.22. The Morgan fingerprint density at radius 1 is 1.31 bits per heavy atom. The average Bonchev–Trinajstić information content (AvgIpc) is 2.74. The van der Waals surface area contributed by atoms with Gasteiger partial charge in [-0.05, 0) is 12.0 Å². The van der Waals surface area contributed by atoms with Gasteiger partial charge in [0.2, 0.25) is 0 Å². The third kappa shape index (κ3) is 2.73. The Kier molecular flexibility index (Phi) is 3.41. The van der Waals surface area contributed by atoms with E-state index in [2.05, 4.69) is 34.1 Å². The van der Waals surface area contributed by atoms with Gasteiger partial charge in [0.05, 0.1) is 6.20 Å². The highest BCUT2D eigenvalue weighted by Gasteiger charge is 2.05. The van der Waals surface area contributed by atoms with Gasteiger partial charge in [-0.1, -0.05) is 41.7 Å². The van der Waals surface area contributed by atoms with Gasteiger partial charge in [-0.15, -0.1) is 0 Å². The van der Waals surface area contributed by atoms with E-state index >= 15 is 0 Å². The second kappa shape index (κ2) is 4.99. The first-order chi connectivity index (χ1) is 7.75. The number of likely N-dealkylation sites (N-methyl/N-ethyl adjacent to an activating group) is 1. The number of nitrogens with zero attached hydrogens (tertiary/aromatic N) is 2. The molecule has 0 radical (unpaired) electrons. The van der Waals surface area contributed by atoms with E-state index in [0.717, 1.165) is 23.1 Å². The molecule has 2 aromatic rings. The third-order valence-electron chi connectivity index (χ3n) is 2.42. The van der Waals surface area contributed by atoms with Crippen molar-refractivity contribution in [2.45, 2.75) is 6.42 Å². The third-order valence-corrected chi connectivity index (χ3v) is 3.36. The topological polar surface area (TPSA) is 42.2 Å². The zero-order valence-corrected chi connectivity index (χ0v) is 10.1. The Bertz CT molecular complexity index is 439. The monoisotopic (exact) mass is 233 g/mol. The molecule has 0 atom stereocenters. The minimum Gasteiger partial charge on any atom is -0.389 e. The van der Waals surface area contributed by atoms with Crippen LogP contribution in [-0.4, -0.2) is 18.6 Å². The van der Waals surface area contributed by atoms with Crippen molar-refractivity contribution in [1.29, 1.82) is 0 Å². The van der Waals surface area contributed by atoms with Gasteiger partial charge in [-0.3, -0.25) is 0 Å². The number of benzene rings is 1. The van der Waals surface area contributed by atoms with Gasteiger partial charge < -0.3 is 10.6 Å². The van der Waals surface area contributed by atoms with Crippen LogP contribution < -0.4 is 10.6 Å². The molecule has 2 N–H and O–H groups in total. The Labute approximate surface area is 99.5 Å². The van der Waals surface area contributed by atoms with Gasteiger partial charge in [0.1, 0.15) is 5.00 Å². The minimum absolute atomic E-state index is 0.765. The Hall–Kier alpha value is -1.55. The van der Waals surface area contributed by atoms with Crippen molar-refractivity contribution in [3.05, 3.63) is 42.1 Å². The standard InChI is InChI=1S/C12H15N3S/c1-15(12-14-9-11(13)16-12)8-7-10-5-3-2-4-6-10/h2-6,9H,7-8,13H2,1H3. The molecule has 1 aromatic carbocycles. The summed E-state index contributed by atoms with van der Waals surface area (Å²) in [5.41, 5.74) is 7.00. The second-order valence-electron chi connectivity index (χ2n) is 3.70. The summed E-state index contributed by atoms with van der Waals surface area (Å²) in [6, 6.07) is 10.5. The fourth-order valence-electron chi connectivity index (χ4n) is 1.49. The van der Waals surface area contributed by atoms with Crippen molar-refractivity contribution in [3.8, 4) is 0 Å². The van der Waals surface area contributed by atoms with Gasteiger partial charge in [-0.2, -0.15) is 0 Å². The lowest BCUT2D eigenvalue weighted by molar-refractivity contribution is 0.871. The molecule has 0 aliphatic carbocycles. The van der Waals surface area contributed by atoms with Gasteiger partial charge in [0.25, 0.3) is 0 Å². The van der Waals surface area contributed by atoms with Crippen LogP contribution in [0.3, 0.4) is 0 Å². The van der Waals surface area contributed by atoms with Crippen LogP contribution in [0.25, 0.3) is 0 Å². The molecule has 0 spiro atoms. The quantitative estimate of drug-likeness (QED) is 0.881. The van der Waals surface area contributed by atoms with E-state index in [1.807, 2.05) is 13.1 Å². The first-order valence-electron chi connectivity index (χ1n) is 5.22. The van der Waals surface area contributed by atoms with E-state index < -0.39 is 0 Å². The van der Waals surface area contributed by atoms with E-state index in [0.29, 0.717) is 0 Å². The van der Waals surface area contributed by atoms with Crippen LogP contribution in [-0.2, 0) is 6.42 Å². The van der Waals surface area contributed by atoms with Crippen molar-refractivity contribution < 1.29 is 0 Å². The number of anilines is 2. The zero-order chi connectivity index (χ0) is 11.4. The number of hydrogen-bond acceptors (Lipinski definition) is 4. The van der Waals surface area contributed by atoms with Crippen LogP contribution in [0.1, 0.15) is 5.56 Å². The Morgan fingerprint density at radius 3 is 2.69 bits per heavy atom. The molecule has 0 saturated carbocycles. The molecule has 1 aromatic heterocycles. The molecular formula is C12H15N3S. The number of aromatic nitrogens is 1. The molecule has 0 amide bonds. The summed E-state index contributed by atoms with van der Waals surface area (Å²) in [7, 11) is 2.04. The number of nitrogens with two attached hydrogens (primary N) is 1. The van der Waals surface area contributed by atoms with Gasteiger partial charge >= 0.3 is 0 Å². The van der Waals surface area contributed by atoms with Crippen molar-refractivity contribution in [1.82, 2.24) is 4.98 Å². The maximum atomic E-state index is 5.65. The van der Waals surface area contributed by atoms with Crippen molar-refractivity contribution >= 4 is 21.5 Å². The zero-order valence-electron chi connectivity index (χ0n) is 9.26. The lowest BCUT2D eigenvalue weighted by Crippen LogP contribution is -2.19. The van der Waals surface area contributed by atoms with Crippen LogP contribution in [0.4, 0.5) is 10.1 Å². The SMILES string of the molecule is CN(CCc1ccccc1)c1ncc(N)s1. The molecule has 0 aliphatic heterocycles. The minimum atomic E-state index is 0.765. The summed E-state index contributed by atoms with van der Waals surface area (Å²) in [6.45, 7) is 0.955. The van der Waals surface area contributed by atoms with Crippen molar-refractivity contribution in [2.24, 2.45) is 0 Å². The van der Waals surface area contributed by atoms with Crippen molar-refractivity contribution in [2.75, 3.05) is 24.2 Å². The first kappa shape index (κ1) is 11.0. The number of hydrogen-bond donors (Lipinski definition) is 1. The van der Waals surface area contributed by atoms with Gasteiger partial charge in [0, 0.05) is 13.6 Å². The predicted molar refractivity (Wildman–Crippen MR) is 69.9 cm³/mol. The number of nitrogen functional groups attached to an aromatic ring is 1. The van der Waals surface area contributed by atoms with Gasteiger partial charge in [0.15, 0.2) is 5.13 Å². The molecule has 0 fully saturated rings. The van der Waals surface area contributed by atoms with E-state index in [1.165, 1.54) is 16.9 Å². The molecule has 3 nitrogen and oxygen atoms in total. The molecule has 4 heteroatoms. The molecule has 0 saturated heterocycles. The first-order valence-corrected chi connectivity index (χ1v) is 6.04. The Morgan fingerprint density at radius 2 is 2.06 bits per heavy atom. The van der Waals surface area contributed by atoms with Crippen LogP contribution >= 0.6 is 11.3 Å². The van der Waals surface area contributed by atoms with E-state index in [9.17, 15) is 0 Å². The summed E-state index contributed by atoms with van der Waals surface area (Å²) < 4.78 is 0. The Balaban J connectivity index is 1.91. The second-order valence-corrected chi connectivity index (χ2v) is 4.74. The van der Waals surface area contributed by atoms with Crippen LogP contribution in [0, 0.1) is 0 Å². The molecule has 2 rings (SSSR count). The molecule has 16 heavy (non-hydrogen) atoms. The van der Waals surface area contributed by atoms with Crippen LogP contribution in [0.2, 0.25) is 0 Å². The molecule has 0 aliphatic rings. The fraction of sp³-hybridized carbons (Fsp3) is 0.250. The molecule has 0 unspecified atom stereocenters. The normalized spacial score (nSPS) is 10.3. The van der Waals surface area contributed by atoms with E-state index in [4.69, 9.17) is 5.73 Å². The van der Waals surface area contributed by atoms with Gasteiger partial charge in [-0.25, -0.2) is 4.98 Å². The number of rotatable bonds is 4. The van der Waals surface area contributed by atoms with Crippen LogP contribution in [0.5, 0.6) is 0 Å². The fourth-order valence-corrected chi connectivity index (χ4v) is 2.16. The maximum absolute atomic E-state index is 5.65. The summed E-state index contributed by atoms with van der Waals surface area (Å²) in [6.07, 6.45) is 2.73. The van der Waals surface area contributed by atoms with E-state index in [-0.39, 0.29) is 0 Å². The molecule has 1 heterocycles. The highest BCUT2D eigenvalue weighted by atomic mass is 32.1. The summed E-state index contributed by atoms with van der Waals surface area (Å²) in [4.78, 5) is 6.38. The molecular weight excluding hydrogens is 218 g/mol. The summed E-state index contributed by atoms with van der Waals surface area (Å²) in [5, 5.41) is 1.75. The summed E-state index contributed by atoms with van der Waals surface area (Å²) in [5.74, 6) is 0. The number of thiazole rings is 1.